The van der Waals surface area contributed by atoms with Crippen LogP contribution in [0.4, 0.5) is 0 Å². The Kier molecular flexibility index (Phi) is 3.06. The van der Waals surface area contributed by atoms with Crippen LogP contribution in [0.15, 0.2) is 28.7 Å². The molecule has 1 aliphatic carbocycles. The predicted octanol–water partition coefficient (Wildman–Crippen LogP) is 2.96. The Bertz CT molecular complexity index is 395. The fourth-order valence-corrected chi connectivity index (χ4v) is 2.32. The van der Waals surface area contributed by atoms with Gasteiger partial charge in [-0.1, -0.05) is 28.1 Å². The molecule has 0 aromatic heterocycles. The number of nitrogens with zero attached hydrogens (tertiary/aromatic N) is 1. The van der Waals surface area contributed by atoms with E-state index in [0.717, 1.165) is 11.0 Å². The van der Waals surface area contributed by atoms with Crippen molar-refractivity contribution in [1.82, 2.24) is 4.90 Å². The van der Waals surface area contributed by atoms with E-state index in [2.05, 4.69) is 40.2 Å². The summed E-state index contributed by atoms with van der Waals surface area (Å²) >= 11 is 3.44. The minimum atomic E-state index is 0.142. The van der Waals surface area contributed by atoms with E-state index in [9.17, 15) is 4.79 Å². The number of rotatable bonds is 3. The van der Waals surface area contributed by atoms with Gasteiger partial charge >= 0.3 is 0 Å². The first-order valence-corrected chi connectivity index (χ1v) is 6.31. The number of carbonyl (C=O) groups is 1. The van der Waals surface area contributed by atoms with Gasteiger partial charge in [-0.3, -0.25) is 4.79 Å². The third-order valence-corrected chi connectivity index (χ3v) is 3.92. The van der Waals surface area contributed by atoms with Crippen LogP contribution >= 0.6 is 15.9 Å². The van der Waals surface area contributed by atoms with Crippen molar-refractivity contribution < 1.29 is 4.79 Å². The lowest BCUT2D eigenvalue weighted by molar-refractivity contribution is -0.127. The SMILES string of the molecule is CC(=O)N(C)CC1(c2ccc(Br)cc2)CC1. The lowest BCUT2D eigenvalue weighted by Gasteiger charge is -2.23. The van der Waals surface area contributed by atoms with Gasteiger partial charge in [0.15, 0.2) is 0 Å². The molecule has 1 aromatic carbocycles. The Balaban J connectivity index is 2.14. The molecule has 0 heterocycles. The molecule has 16 heavy (non-hydrogen) atoms. The zero-order valence-electron chi connectivity index (χ0n) is 9.66. The van der Waals surface area contributed by atoms with Gasteiger partial charge in [0, 0.05) is 30.4 Å². The highest BCUT2D eigenvalue weighted by Crippen LogP contribution is 2.48. The average Bonchev–Trinajstić information content (AvgIpc) is 2.99. The third kappa shape index (κ3) is 2.29. The Morgan fingerprint density at radius 2 is 1.94 bits per heavy atom. The first-order valence-electron chi connectivity index (χ1n) is 5.51. The number of benzene rings is 1. The Labute approximate surface area is 105 Å². The van der Waals surface area contributed by atoms with Crippen molar-refractivity contribution in [3.8, 4) is 0 Å². The molecule has 1 aliphatic rings. The zero-order valence-corrected chi connectivity index (χ0v) is 11.3. The van der Waals surface area contributed by atoms with Crippen LogP contribution < -0.4 is 0 Å². The number of hydrogen-bond donors (Lipinski definition) is 0. The van der Waals surface area contributed by atoms with Gasteiger partial charge in [-0.15, -0.1) is 0 Å². The molecule has 0 bridgehead atoms. The molecule has 2 nitrogen and oxygen atoms in total. The number of amides is 1. The van der Waals surface area contributed by atoms with Crippen LogP contribution in [0.1, 0.15) is 25.3 Å². The van der Waals surface area contributed by atoms with Crippen molar-refractivity contribution in [2.75, 3.05) is 13.6 Å². The van der Waals surface area contributed by atoms with Gasteiger partial charge in [-0.25, -0.2) is 0 Å². The van der Waals surface area contributed by atoms with Crippen molar-refractivity contribution >= 4 is 21.8 Å². The van der Waals surface area contributed by atoms with Gasteiger partial charge in [0.25, 0.3) is 0 Å². The maximum atomic E-state index is 11.3. The maximum Gasteiger partial charge on any atom is 0.219 e. The van der Waals surface area contributed by atoms with E-state index in [1.165, 1.54) is 18.4 Å². The van der Waals surface area contributed by atoms with Gasteiger partial charge in [0.05, 0.1) is 0 Å². The lowest BCUT2D eigenvalue weighted by atomic mass is 9.95. The topological polar surface area (TPSA) is 20.3 Å². The number of likely N-dealkylation sites (N-methyl/N-ethyl adjacent to an activating group) is 1. The molecule has 0 unspecified atom stereocenters. The van der Waals surface area contributed by atoms with E-state index in [1.807, 2.05) is 11.9 Å². The molecule has 0 saturated heterocycles. The number of halogens is 1. The first kappa shape index (κ1) is 11.6. The maximum absolute atomic E-state index is 11.3. The molecule has 2 rings (SSSR count). The van der Waals surface area contributed by atoms with Crippen LogP contribution in [0.2, 0.25) is 0 Å². The van der Waals surface area contributed by atoms with Gasteiger partial charge in [-0.05, 0) is 30.5 Å². The largest absolute Gasteiger partial charge is 0.345 e. The molecule has 0 spiro atoms. The molecule has 1 saturated carbocycles. The van der Waals surface area contributed by atoms with Gasteiger partial charge in [-0.2, -0.15) is 0 Å². The van der Waals surface area contributed by atoms with Gasteiger partial charge in [0.1, 0.15) is 0 Å². The molecule has 0 aliphatic heterocycles. The van der Waals surface area contributed by atoms with Crippen LogP contribution in [0.3, 0.4) is 0 Å². The number of carbonyl (C=O) groups excluding carboxylic acids is 1. The van der Waals surface area contributed by atoms with Gasteiger partial charge in [0.2, 0.25) is 5.91 Å². The Hall–Kier alpha value is -0.830. The fraction of sp³-hybridized carbons (Fsp3) is 0.462. The second-order valence-electron chi connectivity index (χ2n) is 4.66. The second-order valence-corrected chi connectivity index (χ2v) is 5.58. The van der Waals surface area contributed by atoms with Crippen LogP contribution in [0.25, 0.3) is 0 Å². The molecule has 0 N–H and O–H groups in total. The Morgan fingerprint density at radius 1 is 1.38 bits per heavy atom. The van der Waals surface area contributed by atoms with Crippen molar-refractivity contribution in [3.05, 3.63) is 34.3 Å². The van der Waals surface area contributed by atoms with Crippen LogP contribution in [-0.4, -0.2) is 24.4 Å². The Morgan fingerprint density at radius 3 is 2.38 bits per heavy atom. The van der Waals surface area contributed by atoms with E-state index in [4.69, 9.17) is 0 Å². The summed E-state index contributed by atoms with van der Waals surface area (Å²) < 4.78 is 1.10. The molecule has 1 amide bonds. The number of hydrogen-bond acceptors (Lipinski definition) is 1. The normalized spacial score (nSPS) is 16.9. The van der Waals surface area contributed by atoms with E-state index in [0.29, 0.717) is 0 Å². The monoisotopic (exact) mass is 281 g/mol. The average molecular weight is 282 g/mol. The minimum absolute atomic E-state index is 0.142. The summed E-state index contributed by atoms with van der Waals surface area (Å²) in [6.07, 6.45) is 2.37. The smallest absolute Gasteiger partial charge is 0.219 e. The summed E-state index contributed by atoms with van der Waals surface area (Å²) in [6, 6.07) is 8.46. The summed E-state index contributed by atoms with van der Waals surface area (Å²) in [7, 11) is 1.88. The van der Waals surface area contributed by atoms with E-state index in [-0.39, 0.29) is 11.3 Å². The molecule has 1 fully saturated rings. The second kappa shape index (κ2) is 4.21. The summed E-state index contributed by atoms with van der Waals surface area (Å²) in [5.74, 6) is 0.142. The summed E-state index contributed by atoms with van der Waals surface area (Å²) in [4.78, 5) is 13.1. The third-order valence-electron chi connectivity index (χ3n) is 3.39. The fourth-order valence-electron chi connectivity index (χ4n) is 2.06. The predicted molar refractivity (Wildman–Crippen MR) is 68.4 cm³/mol. The van der Waals surface area contributed by atoms with Crippen molar-refractivity contribution in [1.29, 1.82) is 0 Å². The molecule has 0 atom stereocenters. The summed E-state index contributed by atoms with van der Waals surface area (Å²) in [5.41, 5.74) is 1.57. The molecule has 3 heteroatoms. The molecular formula is C13H16BrNO. The summed E-state index contributed by atoms with van der Waals surface area (Å²) in [6.45, 7) is 2.46. The van der Waals surface area contributed by atoms with Crippen LogP contribution in [0, 0.1) is 0 Å². The molecule has 1 aromatic rings. The zero-order chi connectivity index (χ0) is 11.8. The van der Waals surface area contributed by atoms with E-state index < -0.39 is 0 Å². The van der Waals surface area contributed by atoms with Crippen molar-refractivity contribution in [3.63, 3.8) is 0 Å². The molecular weight excluding hydrogens is 266 g/mol. The highest BCUT2D eigenvalue weighted by atomic mass is 79.9. The molecule has 0 radical (unpaired) electrons. The van der Waals surface area contributed by atoms with E-state index in [1.54, 1.807) is 6.92 Å². The summed E-state index contributed by atoms with van der Waals surface area (Å²) in [5, 5.41) is 0. The lowest BCUT2D eigenvalue weighted by Crippen LogP contribution is -2.32. The van der Waals surface area contributed by atoms with Crippen molar-refractivity contribution in [2.45, 2.75) is 25.2 Å². The standard InChI is InChI=1S/C13H16BrNO/c1-10(16)15(2)9-13(7-8-13)11-3-5-12(14)6-4-11/h3-6H,7-9H2,1-2H3. The minimum Gasteiger partial charge on any atom is -0.345 e. The van der Waals surface area contributed by atoms with Gasteiger partial charge < -0.3 is 4.90 Å². The quantitative estimate of drug-likeness (QED) is 0.834. The molecule has 86 valence electrons. The van der Waals surface area contributed by atoms with E-state index >= 15 is 0 Å². The van der Waals surface area contributed by atoms with Crippen LogP contribution in [0.5, 0.6) is 0 Å². The first-order chi connectivity index (χ1) is 7.53. The van der Waals surface area contributed by atoms with Crippen LogP contribution in [-0.2, 0) is 10.2 Å². The highest BCUT2D eigenvalue weighted by molar-refractivity contribution is 9.10. The highest BCUT2D eigenvalue weighted by Gasteiger charge is 2.45. The van der Waals surface area contributed by atoms with Crippen molar-refractivity contribution in [2.24, 2.45) is 0 Å².